The average molecular weight is 253 g/mol. The summed E-state index contributed by atoms with van der Waals surface area (Å²) < 4.78 is 41.6. The maximum absolute atomic E-state index is 12.4. The molecule has 0 spiro atoms. The van der Waals surface area contributed by atoms with E-state index in [0.29, 0.717) is 6.07 Å². The molecule has 0 aromatic heterocycles. The number of carbonyl (C=O) groups excluding carboxylic acids is 1. The van der Waals surface area contributed by atoms with Crippen LogP contribution in [0.25, 0.3) is 0 Å². The number of rotatable bonds is 2. The average Bonchev–Trinajstić information content (AvgIpc) is 2.16. The summed E-state index contributed by atoms with van der Waals surface area (Å²) in [7, 11) is 0. The maximum Gasteiger partial charge on any atom is 0.416 e. The zero-order valence-corrected chi connectivity index (χ0v) is 9.02. The molecule has 0 atom stereocenters. The van der Waals surface area contributed by atoms with Gasteiger partial charge in [-0.2, -0.15) is 13.2 Å². The molecule has 6 heteroatoms. The predicted octanol–water partition coefficient (Wildman–Crippen LogP) is 3.54. The Morgan fingerprint density at radius 2 is 2.06 bits per heavy atom. The molecule has 16 heavy (non-hydrogen) atoms. The van der Waals surface area contributed by atoms with Crippen molar-refractivity contribution in [1.82, 2.24) is 0 Å². The standard InChI is InChI=1S/C10H8ClF3O2/c1-2-16-9(15)7-5-6(10(12,13)14)3-4-8(7)11/h3-5H,2H2,1H3. The Labute approximate surface area is 95.0 Å². The zero-order chi connectivity index (χ0) is 12.3. The third-order valence-electron chi connectivity index (χ3n) is 1.79. The largest absolute Gasteiger partial charge is 0.462 e. The topological polar surface area (TPSA) is 26.3 Å². The van der Waals surface area contributed by atoms with Crippen molar-refractivity contribution in [2.24, 2.45) is 0 Å². The van der Waals surface area contributed by atoms with Gasteiger partial charge in [0.25, 0.3) is 0 Å². The van der Waals surface area contributed by atoms with Crippen molar-refractivity contribution >= 4 is 17.6 Å². The Balaban J connectivity index is 3.14. The van der Waals surface area contributed by atoms with Crippen molar-refractivity contribution in [1.29, 1.82) is 0 Å². The van der Waals surface area contributed by atoms with Crippen LogP contribution in [0.4, 0.5) is 13.2 Å². The first-order chi connectivity index (χ1) is 7.36. The van der Waals surface area contributed by atoms with Crippen molar-refractivity contribution in [3.05, 3.63) is 34.3 Å². The molecule has 0 unspecified atom stereocenters. The first-order valence-electron chi connectivity index (χ1n) is 4.40. The Morgan fingerprint density at radius 1 is 1.44 bits per heavy atom. The minimum absolute atomic E-state index is 0.0635. The van der Waals surface area contributed by atoms with Gasteiger partial charge in [0.1, 0.15) is 0 Å². The normalized spacial score (nSPS) is 11.3. The van der Waals surface area contributed by atoms with Gasteiger partial charge in [-0.1, -0.05) is 11.6 Å². The summed E-state index contributed by atoms with van der Waals surface area (Å²) in [4.78, 5) is 11.3. The fourth-order valence-electron chi connectivity index (χ4n) is 1.07. The number of alkyl halides is 3. The molecule has 1 rings (SSSR count). The number of benzene rings is 1. The van der Waals surface area contributed by atoms with E-state index >= 15 is 0 Å². The van der Waals surface area contributed by atoms with Crippen molar-refractivity contribution < 1.29 is 22.7 Å². The molecule has 0 heterocycles. The lowest BCUT2D eigenvalue weighted by Crippen LogP contribution is -2.10. The molecule has 0 radical (unpaired) electrons. The Bertz CT molecular complexity index is 402. The van der Waals surface area contributed by atoms with E-state index in [9.17, 15) is 18.0 Å². The molecule has 0 aliphatic rings. The van der Waals surface area contributed by atoms with Crippen LogP contribution in [0.3, 0.4) is 0 Å². The van der Waals surface area contributed by atoms with Crippen molar-refractivity contribution in [2.45, 2.75) is 13.1 Å². The monoisotopic (exact) mass is 252 g/mol. The fraction of sp³-hybridized carbons (Fsp3) is 0.300. The van der Waals surface area contributed by atoms with E-state index in [4.69, 9.17) is 11.6 Å². The van der Waals surface area contributed by atoms with Crippen molar-refractivity contribution in [3.8, 4) is 0 Å². The molecule has 0 saturated heterocycles. The summed E-state index contributed by atoms with van der Waals surface area (Å²) in [6.07, 6.45) is -4.51. The first kappa shape index (κ1) is 12.8. The number of hydrogen-bond donors (Lipinski definition) is 0. The molecular weight excluding hydrogens is 245 g/mol. The second kappa shape index (κ2) is 4.74. The predicted molar refractivity (Wildman–Crippen MR) is 52.4 cm³/mol. The minimum Gasteiger partial charge on any atom is -0.462 e. The van der Waals surface area contributed by atoms with Crippen LogP contribution in [-0.4, -0.2) is 12.6 Å². The van der Waals surface area contributed by atoms with E-state index in [-0.39, 0.29) is 17.2 Å². The number of halogens is 4. The third kappa shape index (κ3) is 2.88. The van der Waals surface area contributed by atoms with Crippen LogP contribution in [-0.2, 0) is 10.9 Å². The molecule has 0 fully saturated rings. The molecule has 0 aliphatic heterocycles. The van der Waals surface area contributed by atoms with Gasteiger partial charge in [-0.25, -0.2) is 4.79 Å². The maximum atomic E-state index is 12.4. The molecule has 0 aliphatic carbocycles. The smallest absolute Gasteiger partial charge is 0.416 e. The highest BCUT2D eigenvalue weighted by molar-refractivity contribution is 6.33. The lowest BCUT2D eigenvalue weighted by molar-refractivity contribution is -0.137. The molecule has 1 aromatic rings. The zero-order valence-electron chi connectivity index (χ0n) is 8.27. The van der Waals surface area contributed by atoms with Gasteiger partial charge in [0.05, 0.1) is 22.8 Å². The fourth-order valence-corrected chi connectivity index (χ4v) is 1.26. The molecule has 2 nitrogen and oxygen atoms in total. The number of hydrogen-bond acceptors (Lipinski definition) is 2. The Morgan fingerprint density at radius 3 is 2.56 bits per heavy atom. The second-order valence-corrected chi connectivity index (χ2v) is 3.32. The molecule has 0 saturated carbocycles. The quantitative estimate of drug-likeness (QED) is 0.753. The lowest BCUT2D eigenvalue weighted by atomic mass is 10.1. The van der Waals surface area contributed by atoms with E-state index in [0.717, 1.165) is 12.1 Å². The van der Waals surface area contributed by atoms with Gasteiger partial charge in [0.15, 0.2) is 0 Å². The van der Waals surface area contributed by atoms with Crippen LogP contribution >= 0.6 is 11.6 Å². The van der Waals surface area contributed by atoms with Gasteiger partial charge in [0.2, 0.25) is 0 Å². The van der Waals surface area contributed by atoms with E-state index in [1.807, 2.05) is 0 Å². The van der Waals surface area contributed by atoms with Crippen LogP contribution in [0.15, 0.2) is 18.2 Å². The van der Waals surface area contributed by atoms with E-state index in [2.05, 4.69) is 4.74 Å². The third-order valence-corrected chi connectivity index (χ3v) is 2.12. The number of carbonyl (C=O) groups is 1. The molecule has 0 amide bonds. The minimum atomic E-state index is -4.51. The van der Waals surface area contributed by atoms with E-state index in [1.165, 1.54) is 0 Å². The van der Waals surface area contributed by atoms with Gasteiger partial charge in [-0.05, 0) is 25.1 Å². The van der Waals surface area contributed by atoms with Crippen LogP contribution in [0, 0.1) is 0 Å². The van der Waals surface area contributed by atoms with Crippen LogP contribution in [0.2, 0.25) is 5.02 Å². The van der Waals surface area contributed by atoms with Crippen molar-refractivity contribution in [2.75, 3.05) is 6.61 Å². The lowest BCUT2D eigenvalue weighted by Gasteiger charge is -2.09. The highest BCUT2D eigenvalue weighted by atomic mass is 35.5. The Kier molecular flexibility index (Phi) is 3.80. The molecule has 1 aromatic carbocycles. The van der Waals surface area contributed by atoms with Gasteiger partial charge >= 0.3 is 12.1 Å². The van der Waals surface area contributed by atoms with Gasteiger partial charge in [0, 0.05) is 0 Å². The molecular formula is C10H8ClF3O2. The molecule has 0 N–H and O–H groups in total. The summed E-state index contributed by atoms with van der Waals surface area (Å²) in [5.41, 5.74) is -1.21. The molecule has 88 valence electrons. The van der Waals surface area contributed by atoms with E-state index < -0.39 is 17.7 Å². The van der Waals surface area contributed by atoms with Gasteiger partial charge in [-0.15, -0.1) is 0 Å². The van der Waals surface area contributed by atoms with Gasteiger partial charge in [-0.3, -0.25) is 0 Å². The van der Waals surface area contributed by atoms with Crippen LogP contribution in [0.1, 0.15) is 22.8 Å². The summed E-state index contributed by atoms with van der Waals surface area (Å²) in [5.74, 6) is -0.862. The summed E-state index contributed by atoms with van der Waals surface area (Å²) in [6.45, 7) is 1.63. The molecule has 0 bridgehead atoms. The number of ether oxygens (including phenoxy) is 1. The first-order valence-corrected chi connectivity index (χ1v) is 4.78. The van der Waals surface area contributed by atoms with Gasteiger partial charge < -0.3 is 4.74 Å². The SMILES string of the molecule is CCOC(=O)c1cc(C(F)(F)F)ccc1Cl. The summed E-state index contributed by atoms with van der Waals surface area (Å²) in [5, 5.41) is -0.0635. The summed E-state index contributed by atoms with van der Waals surface area (Å²) >= 11 is 5.61. The highest BCUT2D eigenvalue weighted by Crippen LogP contribution is 2.31. The van der Waals surface area contributed by atoms with Crippen LogP contribution < -0.4 is 0 Å². The Hall–Kier alpha value is -1.23. The van der Waals surface area contributed by atoms with E-state index in [1.54, 1.807) is 6.92 Å². The number of esters is 1. The highest BCUT2D eigenvalue weighted by Gasteiger charge is 2.31. The van der Waals surface area contributed by atoms with Crippen LogP contribution in [0.5, 0.6) is 0 Å². The second-order valence-electron chi connectivity index (χ2n) is 2.91. The summed E-state index contributed by atoms with van der Waals surface area (Å²) in [6, 6.07) is 2.52. The van der Waals surface area contributed by atoms with Crippen molar-refractivity contribution in [3.63, 3.8) is 0 Å².